The first kappa shape index (κ1) is 17.9. The Kier molecular flexibility index (Phi) is 6.25. The van der Waals surface area contributed by atoms with E-state index >= 15 is 0 Å². The molecule has 0 aliphatic heterocycles. The van der Waals surface area contributed by atoms with Gasteiger partial charge in [0.2, 0.25) is 5.91 Å². The molecule has 0 fully saturated rings. The molecule has 1 atom stereocenters. The molecular formula is C16H19N3O4S. The van der Waals surface area contributed by atoms with Gasteiger partial charge in [0.25, 0.3) is 0 Å². The largest absolute Gasteiger partial charge is 0.497 e. The molecule has 2 rings (SSSR count). The van der Waals surface area contributed by atoms with Crippen molar-refractivity contribution in [3.05, 3.63) is 36.2 Å². The third-order valence-corrected chi connectivity index (χ3v) is 4.06. The second-order valence-electron chi connectivity index (χ2n) is 4.80. The van der Waals surface area contributed by atoms with E-state index in [9.17, 15) is 9.59 Å². The molecule has 1 aromatic carbocycles. The van der Waals surface area contributed by atoms with Crippen LogP contribution in [0.4, 0.5) is 5.69 Å². The van der Waals surface area contributed by atoms with Crippen LogP contribution in [0.25, 0.3) is 0 Å². The maximum absolute atomic E-state index is 12.2. The number of hydrogen-bond donors (Lipinski definition) is 2. The van der Waals surface area contributed by atoms with Crippen LogP contribution in [0.3, 0.4) is 0 Å². The Morgan fingerprint density at radius 1 is 1.33 bits per heavy atom. The van der Waals surface area contributed by atoms with Crippen LogP contribution >= 0.6 is 11.8 Å². The molecule has 128 valence electrons. The van der Waals surface area contributed by atoms with Crippen LogP contribution < -0.4 is 10.1 Å². The number of esters is 1. The van der Waals surface area contributed by atoms with Crippen molar-refractivity contribution in [1.82, 2.24) is 9.97 Å². The normalized spacial score (nSPS) is 11.6. The zero-order chi connectivity index (χ0) is 17.5. The van der Waals surface area contributed by atoms with Gasteiger partial charge in [-0.15, -0.1) is 0 Å². The summed E-state index contributed by atoms with van der Waals surface area (Å²) in [4.78, 5) is 30.7. The van der Waals surface area contributed by atoms with Crippen molar-refractivity contribution >= 4 is 29.3 Å². The number of anilines is 1. The summed E-state index contributed by atoms with van der Waals surface area (Å²) >= 11 is 1.22. The van der Waals surface area contributed by atoms with Crippen molar-refractivity contribution in [2.45, 2.75) is 24.3 Å². The second kappa shape index (κ2) is 8.39. The Morgan fingerprint density at radius 2 is 2.04 bits per heavy atom. The zero-order valence-electron chi connectivity index (χ0n) is 13.7. The summed E-state index contributed by atoms with van der Waals surface area (Å²) in [5.74, 6) is 0.0870. The lowest BCUT2D eigenvalue weighted by molar-refractivity contribution is -0.115. The Balaban J connectivity index is 1.92. The number of imidazole rings is 1. The van der Waals surface area contributed by atoms with Gasteiger partial charge in [-0.25, -0.2) is 9.78 Å². The summed E-state index contributed by atoms with van der Waals surface area (Å²) in [5.41, 5.74) is 0.946. The number of carbonyl (C=O) groups excluding carboxylic acids is 2. The van der Waals surface area contributed by atoms with Gasteiger partial charge in [-0.2, -0.15) is 0 Å². The predicted molar refractivity (Wildman–Crippen MR) is 91.5 cm³/mol. The van der Waals surface area contributed by atoms with Gasteiger partial charge in [-0.3, -0.25) is 4.79 Å². The topological polar surface area (TPSA) is 93.3 Å². The summed E-state index contributed by atoms with van der Waals surface area (Å²) in [6, 6.07) is 7.07. The lowest BCUT2D eigenvalue weighted by Gasteiger charge is -2.11. The van der Waals surface area contributed by atoms with Crippen LogP contribution in [0.5, 0.6) is 5.75 Å². The number of H-pyrrole nitrogens is 1. The van der Waals surface area contributed by atoms with Crippen molar-refractivity contribution in [2.75, 3.05) is 19.0 Å². The fourth-order valence-electron chi connectivity index (χ4n) is 1.81. The van der Waals surface area contributed by atoms with E-state index in [1.54, 1.807) is 45.2 Å². The Morgan fingerprint density at radius 3 is 2.67 bits per heavy atom. The monoisotopic (exact) mass is 349 g/mol. The van der Waals surface area contributed by atoms with Gasteiger partial charge in [-0.1, -0.05) is 11.8 Å². The highest BCUT2D eigenvalue weighted by Crippen LogP contribution is 2.22. The van der Waals surface area contributed by atoms with Gasteiger partial charge in [0, 0.05) is 5.69 Å². The number of hydrogen-bond acceptors (Lipinski definition) is 6. The smallest absolute Gasteiger partial charge is 0.356 e. The number of amides is 1. The second-order valence-corrected chi connectivity index (χ2v) is 6.13. The van der Waals surface area contributed by atoms with Gasteiger partial charge < -0.3 is 19.8 Å². The van der Waals surface area contributed by atoms with Crippen molar-refractivity contribution in [2.24, 2.45) is 0 Å². The SMILES string of the molecule is CCOC(=O)c1cnc(SC(C)C(=O)Nc2ccc(OC)cc2)[nH]1. The fraction of sp³-hybridized carbons (Fsp3) is 0.312. The summed E-state index contributed by atoms with van der Waals surface area (Å²) < 4.78 is 9.96. The molecule has 1 amide bonds. The van der Waals surface area contributed by atoms with E-state index in [0.29, 0.717) is 17.5 Å². The lowest BCUT2D eigenvalue weighted by atomic mass is 10.3. The minimum absolute atomic E-state index is 0.167. The molecule has 2 N–H and O–H groups in total. The van der Waals surface area contributed by atoms with E-state index in [1.165, 1.54) is 18.0 Å². The van der Waals surface area contributed by atoms with Crippen LogP contribution in [0, 0.1) is 0 Å². The molecule has 0 bridgehead atoms. The van der Waals surface area contributed by atoms with Gasteiger partial charge in [0.1, 0.15) is 11.4 Å². The lowest BCUT2D eigenvalue weighted by Crippen LogP contribution is -2.22. The highest BCUT2D eigenvalue weighted by atomic mass is 32.2. The van der Waals surface area contributed by atoms with Crippen LogP contribution in [-0.2, 0) is 9.53 Å². The molecule has 2 aromatic rings. The quantitative estimate of drug-likeness (QED) is 0.590. The van der Waals surface area contributed by atoms with Crippen molar-refractivity contribution in [1.29, 1.82) is 0 Å². The number of thioether (sulfide) groups is 1. The van der Waals surface area contributed by atoms with Crippen molar-refractivity contribution in [3.63, 3.8) is 0 Å². The third-order valence-electron chi connectivity index (χ3n) is 3.06. The van der Waals surface area contributed by atoms with Gasteiger partial charge >= 0.3 is 5.97 Å². The number of aromatic nitrogens is 2. The van der Waals surface area contributed by atoms with Crippen LogP contribution in [-0.4, -0.2) is 40.8 Å². The van der Waals surface area contributed by atoms with E-state index in [1.807, 2.05) is 0 Å². The maximum Gasteiger partial charge on any atom is 0.356 e. The van der Waals surface area contributed by atoms with E-state index in [2.05, 4.69) is 15.3 Å². The van der Waals surface area contributed by atoms with E-state index in [-0.39, 0.29) is 11.6 Å². The predicted octanol–water partition coefficient (Wildman–Crippen LogP) is 2.71. The summed E-state index contributed by atoms with van der Waals surface area (Å²) in [6.45, 7) is 3.78. The molecule has 0 saturated heterocycles. The molecule has 8 heteroatoms. The summed E-state index contributed by atoms with van der Waals surface area (Å²) in [5, 5.41) is 2.90. The molecule has 1 unspecified atom stereocenters. The third kappa shape index (κ3) is 4.76. The van der Waals surface area contributed by atoms with E-state index in [0.717, 1.165) is 5.75 Å². The van der Waals surface area contributed by atoms with Crippen molar-refractivity contribution in [3.8, 4) is 5.75 Å². The van der Waals surface area contributed by atoms with Crippen molar-refractivity contribution < 1.29 is 19.1 Å². The molecule has 1 heterocycles. The number of nitrogens with zero attached hydrogens (tertiary/aromatic N) is 1. The van der Waals surface area contributed by atoms with Gasteiger partial charge in [0.05, 0.1) is 25.2 Å². The maximum atomic E-state index is 12.2. The first-order valence-electron chi connectivity index (χ1n) is 7.37. The van der Waals surface area contributed by atoms with Crippen LogP contribution in [0.15, 0.2) is 35.6 Å². The molecule has 24 heavy (non-hydrogen) atoms. The number of carbonyl (C=O) groups is 2. The molecule has 1 aromatic heterocycles. The fourth-order valence-corrected chi connectivity index (χ4v) is 2.60. The molecule has 0 radical (unpaired) electrons. The highest BCUT2D eigenvalue weighted by Gasteiger charge is 2.18. The number of nitrogens with one attached hydrogen (secondary N) is 2. The number of aromatic amines is 1. The van der Waals surface area contributed by atoms with E-state index in [4.69, 9.17) is 9.47 Å². The number of ether oxygens (including phenoxy) is 2. The minimum Gasteiger partial charge on any atom is -0.497 e. The Hall–Kier alpha value is -2.48. The van der Waals surface area contributed by atoms with E-state index < -0.39 is 11.2 Å². The van der Waals surface area contributed by atoms with Crippen LogP contribution in [0.2, 0.25) is 0 Å². The zero-order valence-corrected chi connectivity index (χ0v) is 14.5. The first-order valence-corrected chi connectivity index (χ1v) is 8.25. The average molecular weight is 349 g/mol. The number of benzene rings is 1. The minimum atomic E-state index is -0.466. The highest BCUT2D eigenvalue weighted by molar-refractivity contribution is 8.00. The Bertz CT molecular complexity index is 700. The first-order chi connectivity index (χ1) is 11.5. The Labute approximate surface area is 144 Å². The molecule has 0 aliphatic carbocycles. The summed E-state index contributed by atoms with van der Waals surface area (Å²) in [7, 11) is 1.58. The molecule has 0 aliphatic rings. The van der Waals surface area contributed by atoms with Gasteiger partial charge in [0.15, 0.2) is 5.16 Å². The molecule has 0 spiro atoms. The number of rotatable bonds is 7. The standard InChI is InChI=1S/C16H19N3O4S/c1-4-23-15(21)13-9-17-16(19-13)24-10(2)14(20)18-11-5-7-12(22-3)8-6-11/h5-10H,4H2,1-3H3,(H,17,19)(H,18,20). The van der Waals surface area contributed by atoms with Crippen LogP contribution in [0.1, 0.15) is 24.3 Å². The molecular weight excluding hydrogens is 330 g/mol. The number of methoxy groups -OCH3 is 1. The van der Waals surface area contributed by atoms with Gasteiger partial charge in [-0.05, 0) is 38.1 Å². The molecule has 0 saturated carbocycles. The average Bonchev–Trinajstić information content (AvgIpc) is 3.04. The summed E-state index contributed by atoms with van der Waals surface area (Å²) in [6.07, 6.45) is 1.40. The molecule has 7 nitrogen and oxygen atoms in total.